The Morgan fingerprint density at radius 2 is 2.41 bits per heavy atom. The van der Waals surface area contributed by atoms with Crippen molar-refractivity contribution >= 4 is 11.7 Å². The molecule has 4 heteroatoms. The minimum absolute atomic E-state index is 0.240. The zero-order valence-corrected chi connectivity index (χ0v) is 9.60. The van der Waals surface area contributed by atoms with Gasteiger partial charge in [-0.25, -0.2) is 4.79 Å². The van der Waals surface area contributed by atoms with Crippen molar-refractivity contribution < 1.29 is 14.3 Å². The van der Waals surface area contributed by atoms with Crippen molar-refractivity contribution in [2.75, 3.05) is 18.2 Å². The first-order valence-corrected chi connectivity index (χ1v) is 5.68. The predicted molar refractivity (Wildman–Crippen MR) is 62.8 cm³/mol. The van der Waals surface area contributed by atoms with Gasteiger partial charge in [-0.1, -0.05) is 12.1 Å². The third kappa shape index (κ3) is 1.56. The van der Waals surface area contributed by atoms with Gasteiger partial charge in [-0.2, -0.15) is 0 Å². The molecule has 2 heterocycles. The summed E-state index contributed by atoms with van der Waals surface area (Å²) in [5.41, 5.74) is 2.88. The highest BCUT2D eigenvalue weighted by molar-refractivity contribution is 5.91. The van der Waals surface area contributed by atoms with E-state index in [0.29, 0.717) is 25.3 Å². The average Bonchev–Trinajstić information content (AvgIpc) is 2.75. The molecule has 0 N–H and O–H groups in total. The Hall–Kier alpha value is -1.97. The van der Waals surface area contributed by atoms with Crippen LogP contribution >= 0.6 is 0 Å². The van der Waals surface area contributed by atoms with E-state index in [4.69, 9.17) is 9.47 Å². The van der Waals surface area contributed by atoms with E-state index in [-0.39, 0.29) is 5.97 Å². The van der Waals surface area contributed by atoms with Gasteiger partial charge >= 0.3 is 5.97 Å². The molecule has 0 saturated carbocycles. The number of esters is 1. The standard InChI is InChI=1S/C13H13NO3/c1-2-16-13(15)10-6-9-4-3-5-11-12(9)14(7-10)8-17-11/h3-5,7H,2,6,8H2,1H3. The van der Waals surface area contributed by atoms with E-state index < -0.39 is 0 Å². The predicted octanol–water partition coefficient (Wildman–Crippen LogP) is 1.85. The van der Waals surface area contributed by atoms with Gasteiger partial charge in [-0.3, -0.25) is 0 Å². The first-order valence-electron chi connectivity index (χ1n) is 5.68. The summed E-state index contributed by atoms with van der Waals surface area (Å²) in [4.78, 5) is 13.7. The molecule has 88 valence electrons. The van der Waals surface area contributed by atoms with Crippen LogP contribution in [-0.4, -0.2) is 19.3 Å². The van der Waals surface area contributed by atoms with Crippen LogP contribution in [0.15, 0.2) is 30.0 Å². The Labute approximate surface area is 99.4 Å². The molecule has 0 radical (unpaired) electrons. The lowest BCUT2D eigenvalue weighted by atomic mass is 10.00. The van der Waals surface area contributed by atoms with E-state index in [1.807, 2.05) is 36.2 Å². The van der Waals surface area contributed by atoms with Gasteiger partial charge < -0.3 is 14.4 Å². The molecule has 0 aromatic heterocycles. The summed E-state index contributed by atoms with van der Waals surface area (Å²) in [6.07, 6.45) is 2.44. The van der Waals surface area contributed by atoms with Crippen molar-refractivity contribution in [3.8, 4) is 5.75 Å². The van der Waals surface area contributed by atoms with Crippen molar-refractivity contribution in [3.63, 3.8) is 0 Å². The summed E-state index contributed by atoms with van der Waals surface area (Å²) in [7, 11) is 0. The van der Waals surface area contributed by atoms with Gasteiger partial charge in [0.15, 0.2) is 6.73 Å². The van der Waals surface area contributed by atoms with Crippen LogP contribution in [0.1, 0.15) is 12.5 Å². The maximum atomic E-state index is 11.7. The summed E-state index contributed by atoms with van der Waals surface area (Å²) in [6.45, 7) is 2.68. The molecule has 1 aromatic rings. The number of carbonyl (C=O) groups is 1. The van der Waals surface area contributed by atoms with Crippen LogP contribution in [0.5, 0.6) is 5.75 Å². The Kier molecular flexibility index (Phi) is 2.28. The maximum Gasteiger partial charge on any atom is 0.335 e. The third-order valence-electron chi connectivity index (χ3n) is 2.96. The zero-order valence-electron chi connectivity index (χ0n) is 9.60. The quantitative estimate of drug-likeness (QED) is 0.728. The molecular formula is C13H13NO3. The average molecular weight is 231 g/mol. The van der Waals surface area contributed by atoms with Crippen LogP contribution in [0.25, 0.3) is 0 Å². The molecule has 0 aliphatic carbocycles. The van der Waals surface area contributed by atoms with Crippen molar-refractivity contribution in [1.82, 2.24) is 0 Å². The SMILES string of the molecule is CCOC(=O)C1=CN2COc3cccc(c32)C1. The van der Waals surface area contributed by atoms with E-state index in [2.05, 4.69) is 0 Å². The third-order valence-corrected chi connectivity index (χ3v) is 2.96. The molecule has 0 saturated heterocycles. The van der Waals surface area contributed by atoms with Gasteiger partial charge in [0.05, 0.1) is 17.9 Å². The first-order chi connectivity index (χ1) is 8.29. The highest BCUT2D eigenvalue weighted by Gasteiger charge is 2.29. The van der Waals surface area contributed by atoms with Crippen molar-refractivity contribution in [1.29, 1.82) is 0 Å². The van der Waals surface area contributed by atoms with Crippen molar-refractivity contribution in [2.24, 2.45) is 0 Å². The van der Waals surface area contributed by atoms with Gasteiger partial charge in [0.2, 0.25) is 0 Å². The number of anilines is 1. The highest BCUT2D eigenvalue weighted by atomic mass is 16.5. The summed E-state index contributed by atoms with van der Waals surface area (Å²) in [6, 6.07) is 5.92. The molecule has 1 aromatic carbocycles. The number of hydrogen-bond acceptors (Lipinski definition) is 4. The van der Waals surface area contributed by atoms with Gasteiger partial charge in [0.25, 0.3) is 0 Å². The molecule has 0 unspecified atom stereocenters. The molecule has 0 atom stereocenters. The van der Waals surface area contributed by atoms with Crippen molar-refractivity contribution in [2.45, 2.75) is 13.3 Å². The molecule has 3 rings (SSSR count). The second-order valence-electron chi connectivity index (χ2n) is 4.06. The molecular weight excluding hydrogens is 218 g/mol. The Morgan fingerprint density at radius 3 is 3.24 bits per heavy atom. The topological polar surface area (TPSA) is 38.8 Å². The van der Waals surface area contributed by atoms with Gasteiger partial charge in [-0.05, 0) is 18.6 Å². The monoisotopic (exact) mass is 231 g/mol. The fourth-order valence-electron chi connectivity index (χ4n) is 2.25. The minimum atomic E-state index is -0.240. The van der Waals surface area contributed by atoms with E-state index in [1.54, 1.807) is 0 Å². The van der Waals surface area contributed by atoms with Crippen LogP contribution in [0.3, 0.4) is 0 Å². The van der Waals surface area contributed by atoms with Gasteiger partial charge in [0.1, 0.15) is 5.75 Å². The molecule has 0 amide bonds. The molecule has 0 fully saturated rings. The first kappa shape index (κ1) is 10.2. The Morgan fingerprint density at radius 1 is 1.53 bits per heavy atom. The molecule has 17 heavy (non-hydrogen) atoms. The number of benzene rings is 1. The fourth-order valence-corrected chi connectivity index (χ4v) is 2.25. The number of nitrogens with zero attached hydrogens (tertiary/aromatic N) is 1. The lowest BCUT2D eigenvalue weighted by molar-refractivity contribution is -0.138. The fraction of sp³-hybridized carbons (Fsp3) is 0.308. The second-order valence-corrected chi connectivity index (χ2v) is 4.06. The van der Waals surface area contributed by atoms with Crippen LogP contribution in [0, 0.1) is 0 Å². The summed E-state index contributed by atoms with van der Waals surface area (Å²) in [5.74, 6) is 0.650. The molecule has 2 aliphatic rings. The van der Waals surface area contributed by atoms with E-state index in [1.165, 1.54) is 0 Å². The summed E-state index contributed by atoms with van der Waals surface area (Å²) in [5, 5.41) is 0. The number of ether oxygens (including phenoxy) is 2. The van der Waals surface area contributed by atoms with Crippen LogP contribution in [0.2, 0.25) is 0 Å². The number of para-hydroxylation sites is 1. The molecule has 0 bridgehead atoms. The molecule has 4 nitrogen and oxygen atoms in total. The summed E-state index contributed by atoms with van der Waals surface area (Å²) >= 11 is 0. The van der Waals surface area contributed by atoms with Crippen LogP contribution < -0.4 is 9.64 Å². The van der Waals surface area contributed by atoms with Crippen molar-refractivity contribution in [3.05, 3.63) is 35.5 Å². The summed E-state index contributed by atoms with van der Waals surface area (Å²) < 4.78 is 10.6. The van der Waals surface area contributed by atoms with Gasteiger partial charge in [0, 0.05) is 12.6 Å². The largest absolute Gasteiger partial charge is 0.471 e. The molecule has 0 spiro atoms. The second kappa shape index (κ2) is 3.80. The van der Waals surface area contributed by atoms with E-state index in [9.17, 15) is 4.79 Å². The Balaban J connectivity index is 1.96. The van der Waals surface area contributed by atoms with Crippen LogP contribution in [0.4, 0.5) is 5.69 Å². The van der Waals surface area contributed by atoms with Crippen LogP contribution in [-0.2, 0) is 16.0 Å². The normalized spacial score (nSPS) is 16.1. The molecule has 2 aliphatic heterocycles. The number of carbonyl (C=O) groups excluding carboxylic acids is 1. The lowest BCUT2D eigenvalue weighted by Crippen LogP contribution is -2.23. The Bertz CT molecular complexity index is 507. The zero-order chi connectivity index (χ0) is 11.8. The van der Waals surface area contributed by atoms with E-state index >= 15 is 0 Å². The highest BCUT2D eigenvalue weighted by Crippen LogP contribution is 2.41. The lowest BCUT2D eigenvalue weighted by Gasteiger charge is -2.22. The number of rotatable bonds is 2. The van der Waals surface area contributed by atoms with E-state index in [0.717, 1.165) is 17.0 Å². The maximum absolute atomic E-state index is 11.7. The smallest absolute Gasteiger partial charge is 0.335 e. The van der Waals surface area contributed by atoms with Gasteiger partial charge in [-0.15, -0.1) is 0 Å². The minimum Gasteiger partial charge on any atom is -0.471 e. The number of hydrogen-bond donors (Lipinski definition) is 0.